The fraction of sp³-hybridized carbons (Fsp3) is 0.577. The largest absolute Gasteiger partial charge is 0.443 e. The van der Waals surface area contributed by atoms with Crippen molar-refractivity contribution >= 4 is 6.09 Å². The van der Waals surface area contributed by atoms with Crippen LogP contribution in [0.3, 0.4) is 0 Å². The highest BCUT2D eigenvalue weighted by molar-refractivity contribution is 5.71. The van der Waals surface area contributed by atoms with Crippen LogP contribution < -0.4 is 0 Å². The fourth-order valence-corrected chi connectivity index (χ4v) is 5.59. The van der Waals surface area contributed by atoms with Crippen LogP contribution in [0.4, 0.5) is 44.3 Å². The van der Waals surface area contributed by atoms with E-state index in [1.165, 1.54) is 13.0 Å². The molecule has 2 aliphatic heterocycles. The average molecular weight is 570 g/mol. The molecule has 1 aromatic carbocycles. The highest BCUT2D eigenvalue weighted by Gasteiger charge is 2.54. The molecule has 4 rings (SSSR count). The molecule has 1 aromatic rings. The van der Waals surface area contributed by atoms with Gasteiger partial charge in [0, 0.05) is 24.1 Å². The summed E-state index contributed by atoms with van der Waals surface area (Å²) in [5.74, 6) is 0. The van der Waals surface area contributed by atoms with E-state index >= 15 is 0 Å². The van der Waals surface area contributed by atoms with Crippen molar-refractivity contribution in [3.63, 3.8) is 0 Å². The number of hydrogen-bond donors (Lipinski definition) is 0. The summed E-state index contributed by atoms with van der Waals surface area (Å²) in [5.41, 5.74) is -5.00. The number of cyclic esters (lactones) is 1. The van der Waals surface area contributed by atoms with E-state index in [9.17, 15) is 44.3 Å². The lowest BCUT2D eigenvalue weighted by molar-refractivity contribution is -0.137. The number of ether oxygens (including phenoxy) is 1. The van der Waals surface area contributed by atoms with E-state index in [1.807, 2.05) is 0 Å². The van der Waals surface area contributed by atoms with Crippen LogP contribution in [0.5, 0.6) is 0 Å². The van der Waals surface area contributed by atoms with E-state index in [4.69, 9.17) is 4.74 Å². The maximum atomic E-state index is 13.5. The summed E-state index contributed by atoms with van der Waals surface area (Å²) in [4.78, 5) is 16.0. The predicted octanol–water partition coefficient (Wildman–Crippen LogP) is 7.40. The molecule has 4 nitrogen and oxygen atoms in total. The summed E-state index contributed by atoms with van der Waals surface area (Å²) < 4.78 is 127. The Hall–Kier alpha value is -2.70. The summed E-state index contributed by atoms with van der Waals surface area (Å²) in [6.45, 7) is 4.05. The van der Waals surface area contributed by atoms with Crippen LogP contribution in [0.15, 0.2) is 41.5 Å². The topological polar surface area (TPSA) is 32.8 Å². The molecule has 2 heterocycles. The average Bonchev–Trinajstić information content (AvgIpc) is 3.41. The van der Waals surface area contributed by atoms with Crippen molar-refractivity contribution in [1.29, 1.82) is 0 Å². The van der Waals surface area contributed by atoms with Crippen LogP contribution in [0.1, 0.15) is 49.8 Å². The van der Waals surface area contributed by atoms with Crippen LogP contribution in [-0.4, -0.2) is 53.5 Å². The highest BCUT2D eigenvalue weighted by atomic mass is 19.4. The minimum atomic E-state index is -5.08. The van der Waals surface area contributed by atoms with Gasteiger partial charge in [-0.25, -0.2) is 4.79 Å². The summed E-state index contributed by atoms with van der Waals surface area (Å²) in [5, 5.41) is 0. The number of carbonyl (C=O) groups excluding carboxylic acids is 1. The van der Waals surface area contributed by atoms with Gasteiger partial charge in [0.15, 0.2) is 0 Å². The van der Waals surface area contributed by atoms with Crippen molar-refractivity contribution < 1.29 is 49.0 Å². The molecule has 13 heteroatoms. The van der Waals surface area contributed by atoms with Gasteiger partial charge in [-0.2, -0.15) is 39.5 Å². The van der Waals surface area contributed by atoms with Crippen LogP contribution in [-0.2, 0) is 24.0 Å². The maximum absolute atomic E-state index is 13.5. The molecular weight excluding hydrogens is 543 g/mol. The number of hydrogen-bond acceptors (Lipinski definition) is 3. The van der Waals surface area contributed by atoms with Crippen LogP contribution in [0.25, 0.3) is 0 Å². The Morgan fingerprint density at radius 3 is 2.13 bits per heavy atom. The van der Waals surface area contributed by atoms with Crippen molar-refractivity contribution in [2.45, 2.75) is 76.9 Å². The third-order valence-corrected chi connectivity index (χ3v) is 7.59. The van der Waals surface area contributed by atoms with Gasteiger partial charge < -0.3 is 4.74 Å². The quantitative estimate of drug-likeness (QED) is 0.346. The Bertz CT molecular complexity index is 1160. The SMILES string of the molecule is C[C@H]1[C@@H](C2(C)C=C(C(F)(F)F)C=C(C(F)(F)F)C2)OC(=O)N1Cc1cc(C(F)(F)F)ccc1CN1CCCC1. The fourth-order valence-electron chi connectivity index (χ4n) is 5.59. The smallest absolute Gasteiger partial charge is 0.416 e. The van der Waals surface area contributed by atoms with Crippen molar-refractivity contribution in [1.82, 2.24) is 9.80 Å². The van der Waals surface area contributed by atoms with Crippen LogP contribution in [0, 0.1) is 5.41 Å². The molecule has 0 spiro atoms. The van der Waals surface area contributed by atoms with E-state index in [-0.39, 0.29) is 18.2 Å². The Balaban J connectivity index is 1.65. The van der Waals surface area contributed by atoms with E-state index in [0.717, 1.165) is 49.9 Å². The van der Waals surface area contributed by atoms with Crippen LogP contribution in [0.2, 0.25) is 0 Å². The number of amides is 1. The van der Waals surface area contributed by atoms with Gasteiger partial charge in [-0.05, 0) is 68.6 Å². The first-order valence-corrected chi connectivity index (χ1v) is 12.3. The van der Waals surface area contributed by atoms with E-state index < -0.39 is 65.3 Å². The van der Waals surface area contributed by atoms with Gasteiger partial charge in [0.1, 0.15) is 6.10 Å². The number of allylic oxidation sites excluding steroid dienone is 3. The van der Waals surface area contributed by atoms with Gasteiger partial charge in [-0.15, -0.1) is 0 Å². The number of benzene rings is 1. The van der Waals surface area contributed by atoms with Gasteiger partial charge in [-0.3, -0.25) is 9.80 Å². The molecule has 0 radical (unpaired) electrons. The van der Waals surface area contributed by atoms with Crippen molar-refractivity contribution in [3.8, 4) is 0 Å². The van der Waals surface area contributed by atoms with Gasteiger partial charge in [0.2, 0.25) is 0 Å². The van der Waals surface area contributed by atoms with Crippen molar-refractivity contribution in [3.05, 3.63) is 58.2 Å². The predicted molar refractivity (Wildman–Crippen MR) is 122 cm³/mol. The summed E-state index contributed by atoms with van der Waals surface area (Å²) in [7, 11) is 0. The first-order valence-electron chi connectivity index (χ1n) is 12.3. The number of rotatable bonds is 5. The molecule has 1 aliphatic carbocycles. The van der Waals surface area contributed by atoms with E-state index in [2.05, 4.69) is 4.90 Å². The summed E-state index contributed by atoms with van der Waals surface area (Å²) in [6.07, 6.45) is -15.5. The number of alkyl halides is 9. The summed E-state index contributed by atoms with van der Waals surface area (Å²) >= 11 is 0. The molecule has 1 amide bonds. The van der Waals surface area contributed by atoms with Crippen LogP contribution >= 0.6 is 0 Å². The number of halogens is 9. The highest BCUT2D eigenvalue weighted by Crippen LogP contribution is 2.49. The second-order valence-electron chi connectivity index (χ2n) is 10.6. The normalized spacial score (nSPS) is 27.1. The molecule has 0 N–H and O–H groups in total. The molecule has 39 heavy (non-hydrogen) atoms. The number of nitrogens with zero attached hydrogens (tertiary/aromatic N) is 2. The molecule has 2 saturated heterocycles. The monoisotopic (exact) mass is 570 g/mol. The zero-order valence-corrected chi connectivity index (χ0v) is 21.1. The van der Waals surface area contributed by atoms with Gasteiger partial charge >= 0.3 is 24.6 Å². The Morgan fingerprint density at radius 2 is 1.56 bits per heavy atom. The first kappa shape index (κ1) is 29.3. The van der Waals surface area contributed by atoms with Crippen molar-refractivity contribution in [2.75, 3.05) is 13.1 Å². The lowest BCUT2D eigenvalue weighted by atomic mass is 9.71. The molecule has 0 bridgehead atoms. The standard InChI is InChI=1S/C26H27F9N2O2/c1-15-21(23(2)11-19(25(30,31)32)10-20(12-23)26(33,34)35)39-22(38)37(15)14-17-9-18(24(27,28)29)6-5-16(17)13-36-7-3-4-8-36/h5-6,9-11,15,21H,3-4,7-8,12-14H2,1-2H3/t15-,21-,23?/m0/s1. The lowest BCUT2D eigenvalue weighted by Crippen LogP contribution is -2.44. The zero-order valence-electron chi connectivity index (χ0n) is 21.1. The van der Waals surface area contributed by atoms with Gasteiger partial charge in [-0.1, -0.05) is 19.1 Å². The second-order valence-corrected chi connectivity index (χ2v) is 10.6. The zero-order chi connectivity index (χ0) is 29.0. The van der Waals surface area contributed by atoms with Gasteiger partial charge in [0.25, 0.3) is 0 Å². The number of likely N-dealkylation sites (tertiary alicyclic amines) is 1. The summed E-state index contributed by atoms with van der Waals surface area (Å²) in [6, 6.07) is 2.17. The van der Waals surface area contributed by atoms with E-state index in [0.29, 0.717) is 18.2 Å². The minimum absolute atomic E-state index is 0.0498. The maximum Gasteiger partial charge on any atom is 0.416 e. The molecule has 3 aliphatic rings. The Labute approximate surface area is 219 Å². The van der Waals surface area contributed by atoms with Gasteiger partial charge in [0.05, 0.1) is 17.2 Å². The minimum Gasteiger partial charge on any atom is -0.443 e. The van der Waals surface area contributed by atoms with E-state index in [1.54, 1.807) is 0 Å². The Kier molecular flexibility index (Phi) is 7.54. The molecule has 1 unspecified atom stereocenters. The third kappa shape index (κ3) is 6.22. The molecule has 0 aromatic heterocycles. The number of carbonyl (C=O) groups is 1. The molecule has 2 fully saturated rings. The third-order valence-electron chi connectivity index (χ3n) is 7.59. The second kappa shape index (κ2) is 10.0. The molecule has 216 valence electrons. The first-order chi connectivity index (χ1) is 17.9. The lowest BCUT2D eigenvalue weighted by Gasteiger charge is -2.38. The molecule has 3 atom stereocenters. The van der Waals surface area contributed by atoms with Crippen molar-refractivity contribution in [2.24, 2.45) is 5.41 Å². The molecule has 0 saturated carbocycles. The molecular formula is C26H27F9N2O2. The Morgan fingerprint density at radius 1 is 0.923 bits per heavy atom.